The largest absolute Gasteiger partial charge is 0.313 e. The standard InChI is InChI=1S/C18H27N/c1-3-11-19-18(13(2)14-9-10-14)17-12-16(17)15-7-5-4-6-8-15/h4-8,13-14,16-19H,3,9-12H2,1-2H3. The van der Waals surface area contributed by atoms with Gasteiger partial charge in [0.15, 0.2) is 0 Å². The highest BCUT2D eigenvalue weighted by atomic mass is 14.9. The van der Waals surface area contributed by atoms with Crippen molar-refractivity contribution in [2.75, 3.05) is 6.54 Å². The minimum absolute atomic E-state index is 0.748. The highest BCUT2D eigenvalue weighted by molar-refractivity contribution is 5.27. The maximum atomic E-state index is 3.85. The van der Waals surface area contributed by atoms with Gasteiger partial charge < -0.3 is 5.32 Å². The van der Waals surface area contributed by atoms with E-state index >= 15 is 0 Å². The molecule has 1 heteroatoms. The molecule has 4 atom stereocenters. The van der Waals surface area contributed by atoms with Crippen molar-refractivity contribution in [3.05, 3.63) is 35.9 Å². The van der Waals surface area contributed by atoms with Gasteiger partial charge in [-0.2, -0.15) is 0 Å². The Kier molecular flexibility index (Phi) is 3.93. The van der Waals surface area contributed by atoms with Crippen LogP contribution in [0, 0.1) is 17.8 Å². The van der Waals surface area contributed by atoms with Gasteiger partial charge in [0, 0.05) is 6.04 Å². The van der Waals surface area contributed by atoms with Gasteiger partial charge in [0.2, 0.25) is 0 Å². The van der Waals surface area contributed by atoms with Crippen molar-refractivity contribution in [2.24, 2.45) is 17.8 Å². The van der Waals surface area contributed by atoms with E-state index in [9.17, 15) is 0 Å². The quantitative estimate of drug-likeness (QED) is 0.772. The molecule has 0 saturated heterocycles. The van der Waals surface area contributed by atoms with Crippen molar-refractivity contribution in [3.63, 3.8) is 0 Å². The van der Waals surface area contributed by atoms with Crippen molar-refractivity contribution < 1.29 is 0 Å². The first-order valence-corrected chi connectivity index (χ1v) is 8.09. The van der Waals surface area contributed by atoms with Gasteiger partial charge >= 0.3 is 0 Å². The summed E-state index contributed by atoms with van der Waals surface area (Å²) < 4.78 is 0. The Labute approximate surface area is 117 Å². The minimum atomic E-state index is 0.748. The zero-order chi connectivity index (χ0) is 13.2. The number of hydrogen-bond acceptors (Lipinski definition) is 1. The number of benzene rings is 1. The topological polar surface area (TPSA) is 12.0 Å². The summed E-state index contributed by atoms with van der Waals surface area (Å²) >= 11 is 0. The van der Waals surface area contributed by atoms with E-state index in [1.54, 1.807) is 5.56 Å². The SMILES string of the molecule is CCCNC(C(C)C1CC1)C1CC1c1ccccc1. The van der Waals surface area contributed by atoms with E-state index in [1.165, 1.54) is 32.2 Å². The lowest BCUT2D eigenvalue weighted by Crippen LogP contribution is -2.38. The number of hydrogen-bond donors (Lipinski definition) is 1. The fourth-order valence-corrected chi connectivity index (χ4v) is 3.65. The highest BCUT2D eigenvalue weighted by Crippen LogP contribution is 2.53. The Bertz CT molecular complexity index is 395. The molecular weight excluding hydrogens is 230 g/mol. The lowest BCUT2D eigenvalue weighted by Gasteiger charge is -2.26. The zero-order valence-electron chi connectivity index (χ0n) is 12.3. The fourth-order valence-electron chi connectivity index (χ4n) is 3.65. The summed E-state index contributed by atoms with van der Waals surface area (Å²) in [4.78, 5) is 0. The van der Waals surface area contributed by atoms with Crippen LogP contribution in [-0.4, -0.2) is 12.6 Å². The average Bonchev–Trinajstić information content (AvgIpc) is 3.32. The average molecular weight is 257 g/mol. The predicted molar refractivity (Wildman–Crippen MR) is 81.3 cm³/mol. The monoisotopic (exact) mass is 257 g/mol. The molecule has 0 aliphatic heterocycles. The summed E-state index contributed by atoms with van der Waals surface area (Å²) in [5.41, 5.74) is 1.55. The summed E-state index contributed by atoms with van der Waals surface area (Å²) in [5, 5.41) is 3.85. The van der Waals surface area contributed by atoms with Crippen LogP contribution < -0.4 is 5.32 Å². The van der Waals surface area contributed by atoms with E-state index in [0.29, 0.717) is 0 Å². The van der Waals surface area contributed by atoms with Crippen LogP contribution in [0.15, 0.2) is 30.3 Å². The van der Waals surface area contributed by atoms with Gasteiger partial charge in [-0.25, -0.2) is 0 Å². The van der Waals surface area contributed by atoms with E-state index in [2.05, 4.69) is 49.5 Å². The number of nitrogens with one attached hydrogen (secondary N) is 1. The molecule has 1 N–H and O–H groups in total. The Morgan fingerprint density at radius 2 is 1.95 bits per heavy atom. The third kappa shape index (κ3) is 3.02. The summed E-state index contributed by atoms with van der Waals surface area (Å²) in [7, 11) is 0. The van der Waals surface area contributed by atoms with Crippen molar-refractivity contribution in [1.29, 1.82) is 0 Å². The zero-order valence-corrected chi connectivity index (χ0v) is 12.3. The fraction of sp³-hybridized carbons (Fsp3) is 0.667. The first kappa shape index (κ1) is 13.2. The lowest BCUT2D eigenvalue weighted by molar-refractivity contribution is 0.307. The molecule has 4 unspecified atom stereocenters. The Balaban J connectivity index is 1.64. The van der Waals surface area contributed by atoms with Gasteiger partial charge in [-0.1, -0.05) is 44.2 Å². The molecule has 0 spiro atoms. The molecule has 1 aromatic rings. The maximum absolute atomic E-state index is 3.85. The van der Waals surface area contributed by atoms with Crippen LogP contribution in [0.3, 0.4) is 0 Å². The summed E-state index contributed by atoms with van der Waals surface area (Å²) in [6.07, 6.45) is 5.57. The van der Waals surface area contributed by atoms with Crippen LogP contribution in [0.25, 0.3) is 0 Å². The minimum Gasteiger partial charge on any atom is -0.313 e. The third-order valence-corrected chi connectivity index (χ3v) is 5.09. The van der Waals surface area contributed by atoms with Crippen LogP contribution >= 0.6 is 0 Å². The maximum Gasteiger partial charge on any atom is 0.0130 e. The Morgan fingerprint density at radius 1 is 1.21 bits per heavy atom. The van der Waals surface area contributed by atoms with Crippen LogP contribution in [-0.2, 0) is 0 Å². The second-order valence-electron chi connectivity index (χ2n) is 6.59. The smallest absolute Gasteiger partial charge is 0.0130 e. The first-order chi connectivity index (χ1) is 9.31. The molecule has 3 rings (SSSR count). The van der Waals surface area contributed by atoms with Crippen LogP contribution in [0.5, 0.6) is 0 Å². The molecule has 2 saturated carbocycles. The second-order valence-corrected chi connectivity index (χ2v) is 6.59. The van der Waals surface area contributed by atoms with E-state index in [4.69, 9.17) is 0 Å². The van der Waals surface area contributed by atoms with E-state index in [-0.39, 0.29) is 0 Å². The van der Waals surface area contributed by atoms with Gasteiger partial charge in [0.05, 0.1) is 0 Å². The van der Waals surface area contributed by atoms with E-state index < -0.39 is 0 Å². The molecule has 2 fully saturated rings. The van der Waals surface area contributed by atoms with Gasteiger partial charge in [-0.15, -0.1) is 0 Å². The molecule has 19 heavy (non-hydrogen) atoms. The van der Waals surface area contributed by atoms with E-state index in [1.807, 2.05) is 0 Å². The van der Waals surface area contributed by atoms with Gasteiger partial charge in [-0.05, 0) is 61.5 Å². The van der Waals surface area contributed by atoms with Gasteiger partial charge in [-0.3, -0.25) is 0 Å². The molecule has 0 bridgehead atoms. The van der Waals surface area contributed by atoms with Crippen LogP contribution in [0.2, 0.25) is 0 Å². The molecule has 1 aromatic carbocycles. The van der Waals surface area contributed by atoms with E-state index in [0.717, 1.165) is 29.7 Å². The molecule has 1 nitrogen and oxygen atoms in total. The lowest BCUT2D eigenvalue weighted by atomic mass is 9.91. The molecule has 0 amide bonds. The highest BCUT2D eigenvalue weighted by Gasteiger charge is 2.47. The molecule has 0 radical (unpaired) electrons. The first-order valence-electron chi connectivity index (χ1n) is 8.09. The van der Waals surface area contributed by atoms with Crippen molar-refractivity contribution in [2.45, 2.75) is 51.5 Å². The normalized spacial score (nSPS) is 28.9. The van der Waals surface area contributed by atoms with Crippen molar-refractivity contribution >= 4 is 0 Å². The molecule has 2 aliphatic rings. The predicted octanol–water partition coefficient (Wildman–Crippen LogP) is 4.20. The molecule has 104 valence electrons. The summed E-state index contributed by atoms with van der Waals surface area (Å²) in [5.74, 6) is 3.57. The Morgan fingerprint density at radius 3 is 2.58 bits per heavy atom. The molecule has 0 heterocycles. The molecule has 2 aliphatic carbocycles. The Hall–Kier alpha value is -0.820. The molecule has 0 aromatic heterocycles. The van der Waals surface area contributed by atoms with Crippen LogP contribution in [0.4, 0.5) is 0 Å². The number of rotatable bonds is 7. The van der Waals surface area contributed by atoms with Gasteiger partial charge in [0.25, 0.3) is 0 Å². The summed E-state index contributed by atoms with van der Waals surface area (Å²) in [6.45, 7) is 5.93. The van der Waals surface area contributed by atoms with Crippen molar-refractivity contribution in [3.8, 4) is 0 Å². The third-order valence-electron chi connectivity index (χ3n) is 5.09. The second kappa shape index (κ2) is 5.66. The molecular formula is C18H27N. The summed E-state index contributed by atoms with van der Waals surface area (Å²) in [6, 6.07) is 11.9. The van der Waals surface area contributed by atoms with Gasteiger partial charge in [0.1, 0.15) is 0 Å². The van der Waals surface area contributed by atoms with Crippen molar-refractivity contribution in [1.82, 2.24) is 5.32 Å². The van der Waals surface area contributed by atoms with Crippen LogP contribution in [0.1, 0.15) is 51.0 Å².